The Morgan fingerprint density at radius 1 is 1.41 bits per heavy atom. The second-order valence-corrected chi connectivity index (χ2v) is 4.70. The lowest BCUT2D eigenvalue weighted by Crippen LogP contribution is -2.35. The van der Waals surface area contributed by atoms with Crippen molar-refractivity contribution >= 4 is 0 Å². The van der Waals surface area contributed by atoms with Gasteiger partial charge in [0.05, 0.1) is 7.11 Å². The molecule has 1 aromatic rings. The molecular weight excluding hydrogens is 212 g/mol. The number of hydrogen-bond donors (Lipinski definition) is 2. The van der Waals surface area contributed by atoms with Crippen molar-refractivity contribution in [2.75, 3.05) is 20.2 Å². The molecule has 1 aromatic carbocycles. The van der Waals surface area contributed by atoms with E-state index in [4.69, 9.17) is 4.74 Å². The number of nitrogens with one attached hydrogen (secondary N) is 2. The van der Waals surface area contributed by atoms with Crippen molar-refractivity contribution in [2.45, 2.75) is 31.8 Å². The predicted octanol–water partition coefficient (Wildman–Crippen LogP) is 2.10. The maximum absolute atomic E-state index is 5.16. The molecule has 0 saturated carbocycles. The Hall–Kier alpha value is -1.06. The van der Waals surface area contributed by atoms with Crippen LogP contribution in [-0.2, 0) is 0 Å². The second-order valence-electron chi connectivity index (χ2n) is 4.70. The van der Waals surface area contributed by atoms with Crippen LogP contribution in [0.25, 0.3) is 0 Å². The van der Waals surface area contributed by atoms with Gasteiger partial charge in [0.1, 0.15) is 5.75 Å². The maximum atomic E-state index is 5.16. The van der Waals surface area contributed by atoms with E-state index in [2.05, 4.69) is 29.7 Å². The molecule has 1 heterocycles. The summed E-state index contributed by atoms with van der Waals surface area (Å²) in [6.45, 7) is 4.42. The van der Waals surface area contributed by atoms with Gasteiger partial charge in [0, 0.05) is 18.6 Å². The third-order valence-corrected chi connectivity index (χ3v) is 3.45. The van der Waals surface area contributed by atoms with Crippen LogP contribution in [0.15, 0.2) is 24.3 Å². The molecule has 2 atom stereocenters. The zero-order chi connectivity index (χ0) is 12.1. The average Bonchev–Trinajstić information content (AvgIpc) is 2.89. The van der Waals surface area contributed by atoms with E-state index in [-0.39, 0.29) is 0 Å². The van der Waals surface area contributed by atoms with Gasteiger partial charge in [0.25, 0.3) is 0 Å². The van der Waals surface area contributed by atoms with Crippen molar-refractivity contribution in [1.29, 1.82) is 0 Å². The van der Waals surface area contributed by atoms with E-state index in [1.807, 2.05) is 12.1 Å². The van der Waals surface area contributed by atoms with Gasteiger partial charge in [-0.1, -0.05) is 12.1 Å². The summed E-state index contributed by atoms with van der Waals surface area (Å²) in [6, 6.07) is 9.32. The number of hydrogen-bond acceptors (Lipinski definition) is 3. The first-order chi connectivity index (χ1) is 8.29. The monoisotopic (exact) mass is 234 g/mol. The molecule has 17 heavy (non-hydrogen) atoms. The summed E-state index contributed by atoms with van der Waals surface area (Å²) in [4.78, 5) is 0. The van der Waals surface area contributed by atoms with Gasteiger partial charge in [0.2, 0.25) is 0 Å². The van der Waals surface area contributed by atoms with Crippen LogP contribution < -0.4 is 15.4 Å². The summed E-state index contributed by atoms with van der Waals surface area (Å²) in [5.74, 6) is 0.915. The first-order valence-corrected chi connectivity index (χ1v) is 6.40. The van der Waals surface area contributed by atoms with Crippen LogP contribution >= 0.6 is 0 Å². The van der Waals surface area contributed by atoms with Crippen LogP contribution in [0, 0.1) is 0 Å². The fraction of sp³-hybridized carbons (Fsp3) is 0.571. The lowest BCUT2D eigenvalue weighted by atomic mass is 10.1. The molecule has 0 bridgehead atoms. The number of ether oxygens (including phenoxy) is 1. The molecule has 0 aromatic heterocycles. The van der Waals surface area contributed by atoms with E-state index in [0.29, 0.717) is 12.1 Å². The van der Waals surface area contributed by atoms with Gasteiger partial charge < -0.3 is 15.4 Å². The lowest BCUT2D eigenvalue weighted by Gasteiger charge is -2.18. The molecule has 0 aliphatic carbocycles. The molecule has 1 unspecified atom stereocenters. The molecule has 1 aliphatic heterocycles. The van der Waals surface area contributed by atoms with Crippen molar-refractivity contribution < 1.29 is 4.74 Å². The van der Waals surface area contributed by atoms with Gasteiger partial charge in [-0.25, -0.2) is 0 Å². The highest BCUT2D eigenvalue weighted by molar-refractivity contribution is 5.28. The van der Waals surface area contributed by atoms with Crippen molar-refractivity contribution in [3.05, 3.63) is 29.8 Å². The standard InChI is InChI=1S/C14H22N2O/c1-11(16-10-13-4-3-9-15-13)12-5-7-14(17-2)8-6-12/h5-8,11,13,15-16H,3-4,9-10H2,1-2H3/t11-,13?/m1/s1. The highest BCUT2D eigenvalue weighted by atomic mass is 16.5. The fourth-order valence-corrected chi connectivity index (χ4v) is 2.26. The first kappa shape index (κ1) is 12.4. The van der Waals surface area contributed by atoms with Gasteiger partial charge in [-0.2, -0.15) is 0 Å². The Bertz CT molecular complexity index is 331. The Kier molecular flexibility index (Phi) is 4.40. The van der Waals surface area contributed by atoms with Gasteiger partial charge in [0.15, 0.2) is 0 Å². The Labute approximate surface area is 104 Å². The Morgan fingerprint density at radius 3 is 2.76 bits per heavy atom. The Balaban J connectivity index is 1.83. The fourth-order valence-electron chi connectivity index (χ4n) is 2.26. The number of methoxy groups -OCH3 is 1. The number of rotatable bonds is 5. The normalized spacial score (nSPS) is 21.4. The van der Waals surface area contributed by atoms with Crippen molar-refractivity contribution in [2.24, 2.45) is 0 Å². The molecule has 0 spiro atoms. The minimum atomic E-state index is 0.392. The van der Waals surface area contributed by atoms with Gasteiger partial charge in [-0.3, -0.25) is 0 Å². The molecule has 1 aliphatic rings. The van der Waals surface area contributed by atoms with Crippen molar-refractivity contribution in [1.82, 2.24) is 10.6 Å². The van der Waals surface area contributed by atoms with Crippen LogP contribution in [0.4, 0.5) is 0 Å². The predicted molar refractivity (Wildman–Crippen MR) is 70.4 cm³/mol. The third kappa shape index (κ3) is 3.45. The number of benzene rings is 1. The first-order valence-electron chi connectivity index (χ1n) is 6.40. The molecule has 3 heteroatoms. The summed E-state index contributed by atoms with van der Waals surface area (Å²) < 4.78 is 5.16. The molecule has 0 amide bonds. The topological polar surface area (TPSA) is 33.3 Å². The van der Waals surface area contributed by atoms with E-state index < -0.39 is 0 Å². The Morgan fingerprint density at radius 2 is 2.18 bits per heavy atom. The molecule has 2 N–H and O–H groups in total. The zero-order valence-electron chi connectivity index (χ0n) is 10.7. The van der Waals surface area contributed by atoms with Gasteiger partial charge in [-0.05, 0) is 44.0 Å². The van der Waals surface area contributed by atoms with E-state index >= 15 is 0 Å². The molecule has 1 fully saturated rings. The van der Waals surface area contributed by atoms with Crippen LogP contribution in [0.5, 0.6) is 5.75 Å². The maximum Gasteiger partial charge on any atom is 0.118 e. The highest BCUT2D eigenvalue weighted by Gasteiger charge is 2.14. The highest BCUT2D eigenvalue weighted by Crippen LogP contribution is 2.17. The SMILES string of the molecule is COc1ccc([C@@H](C)NCC2CCCN2)cc1. The van der Waals surface area contributed by atoms with Crippen LogP contribution in [0.3, 0.4) is 0 Å². The van der Waals surface area contributed by atoms with E-state index in [9.17, 15) is 0 Å². The smallest absolute Gasteiger partial charge is 0.118 e. The van der Waals surface area contributed by atoms with Crippen LogP contribution in [0.2, 0.25) is 0 Å². The molecular formula is C14H22N2O. The minimum Gasteiger partial charge on any atom is -0.497 e. The average molecular weight is 234 g/mol. The quantitative estimate of drug-likeness (QED) is 0.818. The molecule has 3 nitrogen and oxygen atoms in total. The summed E-state index contributed by atoms with van der Waals surface area (Å²) >= 11 is 0. The van der Waals surface area contributed by atoms with Crippen molar-refractivity contribution in [3.8, 4) is 5.75 Å². The lowest BCUT2D eigenvalue weighted by molar-refractivity contribution is 0.414. The molecule has 94 valence electrons. The van der Waals surface area contributed by atoms with Crippen LogP contribution in [-0.4, -0.2) is 26.2 Å². The minimum absolute atomic E-state index is 0.392. The van der Waals surface area contributed by atoms with Crippen molar-refractivity contribution in [3.63, 3.8) is 0 Å². The van der Waals surface area contributed by atoms with E-state index in [1.165, 1.54) is 24.9 Å². The van der Waals surface area contributed by atoms with E-state index in [0.717, 1.165) is 12.3 Å². The summed E-state index contributed by atoms with van der Waals surface area (Å²) in [5.41, 5.74) is 1.31. The van der Waals surface area contributed by atoms with Crippen LogP contribution in [0.1, 0.15) is 31.4 Å². The molecule has 0 radical (unpaired) electrons. The van der Waals surface area contributed by atoms with E-state index in [1.54, 1.807) is 7.11 Å². The largest absolute Gasteiger partial charge is 0.497 e. The second kappa shape index (κ2) is 6.03. The summed E-state index contributed by atoms with van der Waals surface area (Å²) in [5, 5.41) is 7.07. The molecule has 2 rings (SSSR count). The van der Waals surface area contributed by atoms with Gasteiger partial charge in [-0.15, -0.1) is 0 Å². The zero-order valence-corrected chi connectivity index (χ0v) is 10.7. The molecule has 1 saturated heterocycles. The third-order valence-electron chi connectivity index (χ3n) is 3.45. The van der Waals surface area contributed by atoms with Gasteiger partial charge >= 0.3 is 0 Å². The summed E-state index contributed by atoms with van der Waals surface area (Å²) in [6.07, 6.45) is 2.60. The summed E-state index contributed by atoms with van der Waals surface area (Å²) in [7, 11) is 1.70.